The van der Waals surface area contributed by atoms with E-state index in [0.29, 0.717) is 11.4 Å². The fourth-order valence-electron chi connectivity index (χ4n) is 1.09. The number of nitrogens with zero attached hydrogens (tertiary/aromatic N) is 1. The van der Waals surface area contributed by atoms with Gasteiger partial charge in [0.05, 0.1) is 6.20 Å². The molecule has 0 spiro atoms. The highest BCUT2D eigenvalue weighted by Crippen LogP contribution is 2.13. The van der Waals surface area contributed by atoms with Crippen LogP contribution in [0.5, 0.6) is 0 Å². The fourth-order valence-corrected chi connectivity index (χ4v) is 1.09. The SMILES string of the molecule is C=C/C=C\C(=C/C)Nc1[nH]ncc1C(N)=O. The normalized spacial score (nSPS) is 11.7. The molecule has 1 aromatic heterocycles. The number of H-pyrrole nitrogens is 1. The first-order chi connectivity index (χ1) is 7.69. The Balaban J connectivity index is 2.86. The minimum absolute atomic E-state index is 0.325. The van der Waals surface area contributed by atoms with Crippen molar-refractivity contribution in [2.45, 2.75) is 6.92 Å². The Morgan fingerprint density at radius 2 is 2.44 bits per heavy atom. The average Bonchev–Trinajstić information content (AvgIpc) is 2.72. The molecule has 16 heavy (non-hydrogen) atoms. The number of carbonyl (C=O) groups is 1. The van der Waals surface area contributed by atoms with Crippen LogP contribution < -0.4 is 11.1 Å². The first-order valence-electron chi connectivity index (χ1n) is 4.74. The third-order valence-electron chi connectivity index (χ3n) is 1.90. The van der Waals surface area contributed by atoms with Crippen LogP contribution in [-0.4, -0.2) is 16.1 Å². The van der Waals surface area contributed by atoms with Gasteiger partial charge in [-0.2, -0.15) is 5.10 Å². The molecule has 0 radical (unpaired) electrons. The van der Waals surface area contributed by atoms with Crippen LogP contribution in [0.2, 0.25) is 0 Å². The molecular weight excluding hydrogens is 204 g/mol. The van der Waals surface area contributed by atoms with Gasteiger partial charge in [-0.05, 0) is 13.0 Å². The summed E-state index contributed by atoms with van der Waals surface area (Å²) < 4.78 is 0. The lowest BCUT2D eigenvalue weighted by molar-refractivity contribution is 0.100. The number of primary amides is 1. The van der Waals surface area contributed by atoms with Crippen LogP contribution in [0.4, 0.5) is 5.82 Å². The van der Waals surface area contributed by atoms with Gasteiger partial charge in [0.2, 0.25) is 0 Å². The van der Waals surface area contributed by atoms with Crippen molar-refractivity contribution in [3.8, 4) is 0 Å². The van der Waals surface area contributed by atoms with Crippen LogP contribution in [0.1, 0.15) is 17.3 Å². The Hall–Kier alpha value is -2.30. The molecule has 0 aliphatic rings. The molecule has 1 rings (SSSR count). The molecule has 0 aliphatic carbocycles. The molecule has 0 atom stereocenters. The van der Waals surface area contributed by atoms with Gasteiger partial charge in [-0.15, -0.1) is 0 Å². The maximum absolute atomic E-state index is 11.0. The number of aromatic amines is 1. The number of anilines is 1. The fraction of sp³-hybridized carbons (Fsp3) is 0.0909. The van der Waals surface area contributed by atoms with E-state index in [1.807, 2.05) is 19.1 Å². The number of aromatic nitrogens is 2. The summed E-state index contributed by atoms with van der Waals surface area (Å²) in [5, 5.41) is 9.42. The molecule has 0 aromatic carbocycles. The molecule has 1 aromatic rings. The van der Waals surface area contributed by atoms with Gasteiger partial charge in [0, 0.05) is 5.70 Å². The first kappa shape index (κ1) is 11.8. The second kappa shape index (κ2) is 5.55. The average molecular weight is 218 g/mol. The molecular formula is C11H14N4O. The lowest BCUT2D eigenvalue weighted by atomic mass is 10.3. The number of carbonyl (C=O) groups excluding carboxylic acids is 1. The largest absolute Gasteiger partial charge is 0.365 e. The van der Waals surface area contributed by atoms with E-state index in [4.69, 9.17) is 5.73 Å². The number of allylic oxidation sites excluding steroid dienone is 4. The highest BCUT2D eigenvalue weighted by atomic mass is 16.1. The molecule has 4 N–H and O–H groups in total. The summed E-state index contributed by atoms with van der Waals surface area (Å²) in [4.78, 5) is 11.0. The summed E-state index contributed by atoms with van der Waals surface area (Å²) in [5.41, 5.74) is 6.32. The zero-order valence-electron chi connectivity index (χ0n) is 9.03. The minimum atomic E-state index is -0.528. The van der Waals surface area contributed by atoms with E-state index >= 15 is 0 Å². The minimum Gasteiger partial charge on any atom is -0.365 e. The number of amides is 1. The number of hydrogen-bond acceptors (Lipinski definition) is 3. The molecule has 0 aliphatic heterocycles. The Labute approximate surface area is 93.7 Å². The maximum Gasteiger partial charge on any atom is 0.254 e. The van der Waals surface area contributed by atoms with E-state index in [1.54, 1.807) is 12.2 Å². The highest BCUT2D eigenvalue weighted by molar-refractivity contribution is 5.97. The standard InChI is InChI=1S/C11H14N4O/c1-3-5-6-8(4-2)14-11-9(10(12)16)7-13-15-11/h3-7H,1H2,2H3,(H2,12,16)(H2,13,14,15)/b6-5-,8-4+. The molecule has 0 fully saturated rings. The lowest BCUT2D eigenvalue weighted by Gasteiger charge is -2.05. The predicted molar refractivity (Wildman–Crippen MR) is 63.8 cm³/mol. The van der Waals surface area contributed by atoms with E-state index in [2.05, 4.69) is 22.1 Å². The van der Waals surface area contributed by atoms with Crippen molar-refractivity contribution >= 4 is 11.7 Å². The molecule has 1 amide bonds. The van der Waals surface area contributed by atoms with Gasteiger partial charge in [-0.3, -0.25) is 9.89 Å². The molecule has 5 heteroatoms. The maximum atomic E-state index is 11.0. The van der Waals surface area contributed by atoms with E-state index in [-0.39, 0.29) is 0 Å². The van der Waals surface area contributed by atoms with Crippen LogP contribution in [0, 0.1) is 0 Å². The zero-order valence-corrected chi connectivity index (χ0v) is 9.03. The topological polar surface area (TPSA) is 83.8 Å². The van der Waals surface area contributed by atoms with Crippen molar-refractivity contribution in [3.05, 3.63) is 48.3 Å². The number of nitrogens with two attached hydrogens (primary N) is 1. The molecule has 5 nitrogen and oxygen atoms in total. The Kier molecular flexibility index (Phi) is 4.08. The van der Waals surface area contributed by atoms with E-state index < -0.39 is 5.91 Å². The summed E-state index contributed by atoms with van der Waals surface area (Å²) in [5.74, 6) is -0.0475. The first-order valence-corrected chi connectivity index (χ1v) is 4.74. The van der Waals surface area contributed by atoms with Crippen LogP contribution in [0.3, 0.4) is 0 Å². The molecule has 84 valence electrons. The molecule has 0 bridgehead atoms. The Morgan fingerprint density at radius 1 is 1.69 bits per heavy atom. The van der Waals surface area contributed by atoms with Gasteiger partial charge < -0.3 is 11.1 Å². The number of nitrogens with one attached hydrogen (secondary N) is 2. The second-order valence-electron chi connectivity index (χ2n) is 2.99. The second-order valence-corrected chi connectivity index (χ2v) is 2.99. The lowest BCUT2D eigenvalue weighted by Crippen LogP contribution is -2.12. The summed E-state index contributed by atoms with van der Waals surface area (Å²) in [6, 6.07) is 0. The summed E-state index contributed by atoms with van der Waals surface area (Å²) in [6.07, 6.45) is 8.50. The summed E-state index contributed by atoms with van der Waals surface area (Å²) >= 11 is 0. The number of hydrogen-bond donors (Lipinski definition) is 3. The third-order valence-corrected chi connectivity index (χ3v) is 1.90. The van der Waals surface area contributed by atoms with E-state index in [9.17, 15) is 4.79 Å². The van der Waals surface area contributed by atoms with Crippen molar-refractivity contribution in [1.82, 2.24) is 10.2 Å². The van der Waals surface area contributed by atoms with Gasteiger partial charge in [0.25, 0.3) is 5.91 Å². The highest BCUT2D eigenvalue weighted by Gasteiger charge is 2.09. The van der Waals surface area contributed by atoms with Crippen LogP contribution >= 0.6 is 0 Å². The van der Waals surface area contributed by atoms with E-state index in [1.165, 1.54) is 6.20 Å². The third kappa shape index (κ3) is 2.84. The molecule has 0 unspecified atom stereocenters. The van der Waals surface area contributed by atoms with Gasteiger partial charge >= 0.3 is 0 Å². The van der Waals surface area contributed by atoms with Crippen molar-refractivity contribution in [3.63, 3.8) is 0 Å². The van der Waals surface area contributed by atoms with Crippen molar-refractivity contribution in [2.24, 2.45) is 5.73 Å². The van der Waals surface area contributed by atoms with Gasteiger partial charge in [-0.25, -0.2) is 0 Å². The monoisotopic (exact) mass is 218 g/mol. The van der Waals surface area contributed by atoms with Gasteiger partial charge in [-0.1, -0.05) is 24.8 Å². The quantitative estimate of drug-likeness (QED) is 0.656. The molecule has 0 saturated carbocycles. The molecule has 1 heterocycles. The van der Waals surface area contributed by atoms with Gasteiger partial charge in [0.1, 0.15) is 11.4 Å². The molecule has 0 saturated heterocycles. The number of rotatable bonds is 5. The van der Waals surface area contributed by atoms with Crippen molar-refractivity contribution < 1.29 is 4.79 Å². The summed E-state index contributed by atoms with van der Waals surface area (Å²) in [7, 11) is 0. The van der Waals surface area contributed by atoms with Crippen LogP contribution in [-0.2, 0) is 0 Å². The Morgan fingerprint density at radius 3 is 3.00 bits per heavy atom. The summed E-state index contributed by atoms with van der Waals surface area (Å²) in [6.45, 7) is 5.44. The van der Waals surface area contributed by atoms with Crippen molar-refractivity contribution in [1.29, 1.82) is 0 Å². The Bertz CT molecular complexity index is 443. The van der Waals surface area contributed by atoms with E-state index in [0.717, 1.165) is 5.70 Å². The van der Waals surface area contributed by atoms with Crippen LogP contribution in [0.25, 0.3) is 0 Å². The van der Waals surface area contributed by atoms with Crippen LogP contribution in [0.15, 0.2) is 42.8 Å². The predicted octanol–water partition coefficient (Wildman–Crippen LogP) is 1.57. The zero-order chi connectivity index (χ0) is 12.0. The van der Waals surface area contributed by atoms with Crippen molar-refractivity contribution in [2.75, 3.05) is 5.32 Å². The smallest absolute Gasteiger partial charge is 0.254 e. The van der Waals surface area contributed by atoms with Gasteiger partial charge in [0.15, 0.2) is 0 Å².